The Hall–Kier alpha value is -3.15. The summed E-state index contributed by atoms with van der Waals surface area (Å²) in [5.41, 5.74) is 2.03. The van der Waals surface area contributed by atoms with Crippen LogP contribution < -0.4 is 0 Å². The highest BCUT2D eigenvalue weighted by Crippen LogP contribution is 2.24. The Morgan fingerprint density at radius 2 is 1.60 bits per heavy atom. The molecule has 0 saturated carbocycles. The maximum atomic E-state index is 13.0. The third-order valence-corrected chi connectivity index (χ3v) is 5.70. The molecule has 4 rings (SSSR count). The van der Waals surface area contributed by atoms with Crippen LogP contribution in [0.4, 0.5) is 0 Å². The van der Waals surface area contributed by atoms with Crippen molar-refractivity contribution in [2.24, 2.45) is 0 Å². The topological polar surface area (TPSA) is 66.9 Å². The molecule has 2 amide bonds. The molecular weight excluding hydrogens is 380 g/mol. The van der Waals surface area contributed by atoms with Crippen molar-refractivity contribution in [3.63, 3.8) is 0 Å². The summed E-state index contributed by atoms with van der Waals surface area (Å²) >= 11 is 0. The number of hydrogen-bond acceptors (Lipinski definition) is 4. The number of ether oxygens (including phenoxy) is 1. The molecule has 0 spiro atoms. The van der Waals surface area contributed by atoms with Gasteiger partial charge in [-0.2, -0.15) is 0 Å². The van der Waals surface area contributed by atoms with Crippen molar-refractivity contribution in [1.29, 1.82) is 0 Å². The first-order valence-corrected chi connectivity index (χ1v) is 10.5. The predicted octanol–water partition coefficient (Wildman–Crippen LogP) is 3.33. The molecule has 1 atom stereocenters. The van der Waals surface area contributed by atoms with Gasteiger partial charge in [-0.1, -0.05) is 42.5 Å². The number of nitrogens with zero attached hydrogens (tertiary/aromatic N) is 2. The van der Waals surface area contributed by atoms with Crippen LogP contribution in [0.3, 0.4) is 0 Å². The number of esters is 1. The standard InChI is InChI=1S/C24H26N2O4/c27-21-9-6-16-26(21)17-18-10-12-20(13-11-18)24(29)30-22(19-7-2-1-3-8-19)23(28)25-14-4-5-15-25/h1-3,7-8,10-13,22H,4-6,9,14-17H2. The molecular formula is C24H26N2O4. The summed E-state index contributed by atoms with van der Waals surface area (Å²) in [5.74, 6) is -0.527. The quantitative estimate of drug-likeness (QED) is 0.690. The monoisotopic (exact) mass is 406 g/mol. The highest BCUT2D eigenvalue weighted by Gasteiger charge is 2.31. The van der Waals surface area contributed by atoms with Gasteiger partial charge in [0.2, 0.25) is 12.0 Å². The SMILES string of the molecule is O=C(OC(C(=O)N1CCCC1)c1ccccc1)c1ccc(CN2CCCC2=O)cc1. The minimum absolute atomic E-state index is 0.170. The van der Waals surface area contributed by atoms with Gasteiger partial charge in [-0.3, -0.25) is 9.59 Å². The first-order valence-electron chi connectivity index (χ1n) is 10.5. The Morgan fingerprint density at radius 1 is 0.900 bits per heavy atom. The van der Waals surface area contributed by atoms with E-state index >= 15 is 0 Å². The number of carbonyl (C=O) groups excluding carboxylic acids is 3. The van der Waals surface area contributed by atoms with Crippen LogP contribution in [-0.2, 0) is 20.9 Å². The third kappa shape index (κ3) is 4.53. The number of rotatable bonds is 6. The third-order valence-electron chi connectivity index (χ3n) is 5.70. The van der Waals surface area contributed by atoms with Gasteiger partial charge in [0, 0.05) is 38.2 Å². The van der Waals surface area contributed by atoms with Crippen molar-refractivity contribution in [3.8, 4) is 0 Å². The first-order chi connectivity index (χ1) is 14.6. The Kier molecular flexibility index (Phi) is 6.12. The molecule has 0 aromatic heterocycles. The lowest BCUT2D eigenvalue weighted by Crippen LogP contribution is -2.34. The number of carbonyl (C=O) groups is 3. The van der Waals surface area contributed by atoms with E-state index < -0.39 is 12.1 Å². The molecule has 0 aliphatic carbocycles. The molecule has 0 radical (unpaired) electrons. The molecule has 6 heteroatoms. The first kappa shape index (κ1) is 20.1. The minimum Gasteiger partial charge on any atom is -0.444 e. The van der Waals surface area contributed by atoms with Crippen molar-refractivity contribution in [1.82, 2.24) is 9.80 Å². The Balaban J connectivity index is 1.46. The second kappa shape index (κ2) is 9.11. The molecule has 6 nitrogen and oxygen atoms in total. The van der Waals surface area contributed by atoms with E-state index in [-0.39, 0.29) is 11.8 Å². The Labute approximate surface area is 176 Å². The average Bonchev–Trinajstić information content (AvgIpc) is 3.45. The molecule has 1 unspecified atom stereocenters. The molecule has 2 aliphatic rings. The molecule has 2 saturated heterocycles. The van der Waals surface area contributed by atoms with Gasteiger partial charge in [-0.25, -0.2) is 4.79 Å². The maximum Gasteiger partial charge on any atom is 0.339 e. The molecule has 2 aliphatic heterocycles. The lowest BCUT2D eigenvalue weighted by Gasteiger charge is -2.23. The van der Waals surface area contributed by atoms with Crippen LogP contribution in [0.5, 0.6) is 0 Å². The molecule has 30 heavy (non-hydrogen) atoms. The van der Waals surface area contributed by atoms with E-state index in [9.17, 15) is 14.4 Å². The Bertz CT molecular complexity index is 905. The number of hydrogen-bond donors (Lipinski definition) is 0. The van der Waals surface area contributed by atoms with E-state index in [1.165, 1.54) is 0 Å². The van der Waals surface area contributed by atoms with E-state index in [0.717, 1.165) is 31.4 Å². The lowest BCUT2D eigenvalue weighted by atomic mass is 10.1. The number of amides is 2. The number of benzene rings is 2. The van der Waals surface area contributed by atoms with E-state index in [4.69, 9.17) is 4.74 Å². The van der Waals surface area contributed by atoms with Crippen LogP contribution in [-0.4, -0.2) is 47.2 Å². The lowest BCUT2D eigenvalue weighted by molar-refractivity contribution is -0.140. The second-order valence-corrected chi connectivity index (χ2v) is 7.84. The molecule has 2 heterocycles. The Morgan fingerprint density at radius 3 is 2.23 bits per heavy atom. The highest BCUT2D eigenvalue weighted by atomic mass is 16.5. The van der Waals surface area contributed by atoms with Crippen molar-refractivity contribution in [2.45, 2.75) is 38.3 Å². The molecule has 156 valence electrons. The summed E-state index contributed by atoms with van der Waals surface area (Å²) in [6.45, 7) is 2.72. The smallest absolute Gasteiger partial charge is 0.339 e. The fraction of sp³-hybridized carbons (Fsp3) is 0.375. The summed E-state index contributed by atoms with van der Waals surface area (Å²) in [6.07, 6.45) is 2.51. The maximum absolute atomic E-state index is 13.0. The van der Waals surface area contributed by atoms with Gasteiger partial charge in [0.1, 0.15) is 0 Å². The molecule has 2 aromatic rings. The van der Waals surface area contributed by atoms with Crippen LogP contribution >= 0.6 is 0 Å². The van der Waals surface area contributed by atoms with Gasteiger partial charge < -0.3 is 14.5 Å². The fourth-order valence-electron chi connectivity index (χ4n) is 4.01. The van der Waals surface area contributed by atoms with Crippen LogP contribution in [0, 0.1) is 0 Å². The largest absolute Gasteiger partial charge is 0.444 e. The fourth-order valence-corrected chi connectivity index (χ4v) is 4.01. The van der Waals surface area contributed by atoms with Crippen LogP contribution in [0.25, 0.3) is 0 Å². The zero-order valence-electron chi connectivity index (χ0n) is 17.0. The van der Waals surface area contributed by atoms with Gasteiger partial charge in [0.25, 0.3) is 5.91 Å². The number of likely N-dealkylation sites (tertiary alicyclic amines) is 2. The summed E-state index contributed by atoms with van der Waals surface area (Å²) < 4.78 is 5.69. The molecule has 0 N–H and O–H groups in total. The van der Waals surface area contributed by atoms with Crippen molar-refractivity contribution < 1.29 is 19.1 Å². The highest BCUT2D eigenvalue weighted by molar-refractivity contribution is 5.92. The van der Waals surface area contributed by atoms with Crippen molar-refractivity contribution in [2.75, 3.05) is 19.6 Å². The summed E-state index contributed by atoms with van der Waals surface area (Å²) in [7, 11) is 0. The van der Waals surface area contributed by atoms with Crippen molar-refractivity contribution in [3.05, 3.63) is 71.3 Å². The second-order valence-electron chi connectivity index (χ2n) is 7.84. The van der Waals surface area contributed by atoms with Crippen LogP contribution in [0.2, 0.25) is 0 Å². The average molecular weight is 406 g/mol. The van der Waals surface area contributed by atoms with E-state index in [2.05, 4.69) is 0 Å². The summed E-state index contributed by atoms with van der Waals surface area (Å²) in [4.78, 5) is 41.2. The summed E-state index contributed by atoms with van der Waals surface area (Å²) in [5, 5.41) is 0. The zero-order chi connectivity index (χ0) is 20.9. The molecule has 0 bridgehead atoms. The zero-order valence-corrected chi connectivity index (χ0v) is 17.0. The normalized spacial score (nSPS) is 17.3. The molecule has 2 fully saturated rings. The van der Waals surface area contributed by atoms with Gasteiger partial charge in [-0.15, -0.1) is 0 Å². The van der Waals surface area contributed by atoms with E-state index in [1.807, 2.05) is 47.4 Å². The van der Waals surface area contributed by atoms with Crippen LogP contribution in [0.1, 0.15) is 53.3 Å². The van der Waals surface area contributed by atoms with Gasteiger partial charge in [0.05, 0.1) is 5.56 Å². The minimum atomic E-state index is -0.946. The van der Waals surface area contributed by atoms with Crippen molar-refractivity contribution >= 4 is 17.8 Å². The van der Waals surface area contributed by atoms with E-state index in [1.54, 1.807) is 17.0 Å². The summed E-state index contributed by atoms with van der Waals surface area (Å²) in [6, 6.07) is 16.2. The van der Waals surface area contributed by atoms with Gasteiger partial charge >= 0.3 is 5.97 Å². The van der Waals surface area contributed by atoms with E-state index in [0.29, 0.717) is 37.2 Å². The predicted molar refractivity (Wildman–Crippen MR) is 112 cm³/mol. The van der Waals surface area contributed by atoms with Gasteiger partial charge in [0.15, 0.2) is 0 Å². The van der Waals surface area contributed by atoms with Gasteiger partial charge in [-0.05, 0) is 37.0 Å². The van der Waals surface area contributed by atoms with Crippen LogP contribution in [0.15, 0.2) is 54.6 Å². The molecule has 2 aromatic carbocycles.